The molecule has 0 aromatic carbocycles. The second-order valence-electron chi connectivity index (χ2n) is 9.01. The Kier molecular flexibility index (Phi) is 7.16. The van der Waals surface area contributed by atoms with Crippen LogP contribution >= 0.6 is 12.4 Å². The van der Waals surface area contributed by atoms with E-state index in [4.69, 9.17) is 9.84 Å². The van der Waals surface area contributed by atoms with Crippen LogP contribution < -0.4 is 10.6 Å². The molecule has 3 rings (SSSR count). The van der Waals surface area contributed by atoms with Gasteiger partial charge in [0.1, 0.15) is 0 Å². The third kappa shape index (κ3) is 4.80. The molecule has 2 heterocycles. The number of nitrogens with zero attached hydrogens (tertiary/aromatic N) is 2. The van der Waals surface area contributed by atoms with Crippen molar-refractivity contribution in [1.29, 1.82) is 0 Å². The fourth-order valence-corrected chi connectivity index (χ4v) is 4.76. The van der Waals surface area contributed by atoms with E-state index in [1.54, 1.807) is 0 Å². The van der Waals surface area contributed by atoms with Gasteiger partial charge in [-0.2, -0.15) is 5.10 Å². The van der Waals surface area contributed by atoms with E-state index < -0.39 is 0 Å². The molecule has 1 aliphatic carbocycles. The van der Waals surface area contributed by atoms with Crippen LogP contribution in [-0.4, -0.2) is 42.1 Å². The van der Waals surface area contributed by atoms with Crippen LogP contribution in [0.5, 0.6) is 0 Å². The Balaban J connectivity index is 0.00000243. The molecule has 26 heavy (non-hydrogen) atoms. The highest BCUT2D eigenvalue weighted by atomic mass is 35.5. The maximum absolute atomic E-state index is 6.28. The summed E-state index contributed by atoms with van der Waals surface area (Å²) in [5, 5.41) is 11.7. The van der Waals surface area contributed by atoms with Crippen molar-refractivity contribution in [2.45, 2.75) is 70.4 Å². The SMILES string of the molecule is CNCCNC(C)c1cn(C)nc1C1CCC2(CC1)CC(C)(C)CO2.Cl. The largest absolute Gasteiger partial charge is 0.374 e. The monoisotopic (exact) mass is 384 g/mol. The molecule has 0 amide bonds. The molecule has 6 heteroatoms. The van der Waals surface area contributed by atoms with Gasteiger partial charge in [0, 0.05) is 43.9 Å². The summed E-state index contributed by atoms with van der Waals surface area (Å²) in [6, 6.07) is 0.342. The second-order valence-corrected chi connectivity index (χ2v) is 9.01. The van der Waals surface area contributed by atoms with E-state index in [1.165, 1.54) is 43.4 Å². The van der Waals surface area contributed by atoms with E-state index in [0.717, 1.165) is 19.7 Å². The van der Waals surface area contributed by atoms with Gasteiger partial charge in [0.15, 0.2) is 0 Å². The molecule has 2 N–H and O–H groups in total. The van der Waals surface area contributed by atoms with Crippen molar-refractivity contribution in [3.8, 4) is 0 Å². The van der Waals surface area contributed by atoms with Gasteiger partial charge in [-0.05, 0) is 51.5 Å². The summed E-state index contributed by atoms with van der Waals surface area (Å²) in [6.45, 7) is 9.80. The van der Waals surface area contributed by atoms with Crippen molar-refractivity contribution < 1.29 is 4.74 Å². The normalized spacial score (nSPS) is 28.9. The van der Waals surface area contributed by atoms with Crippen molar-refractivity contribution in [2.75, 3.05) is 26.7 Å². The van der Waals surface area contributed by atoms with Crippen LogP contribution in [-0.2, 0) is 11.8 Å². The van der Waals surface area contributed by atoms with E-state index in [-0.39, 0.29) is 18.0 Å². The number of aryl methyl sites for hydroxylation is 1. The summed E-state index contributed by atoms with van der Waals surface area (Å²) in [7, 11) is 4.03. The number of nitrogens with one attached hydrogen (secondary N) is 2. The van der Waals surface area contributed by atoms with Gasteiger partial charge < -0.3 is 15.4 Å². The maximum Gasteiger partial charge on any atom is 0.0703 e. The lowest BCUT2D eigenvalue weighted by atomic mass is 9.72. The van der Waals surface area contributed by atoms with Crippen LogP contribution in [0.2, 0.25) is 0 Å². The molecule has 0 radical (unpaired) electrons. The number of likely N-dealkylation sites (N-methyl/N-ethyl adjacent to an activating group) is 1. The molecule has 1 saturated carbocycles. The molecule has 0 bridgehead atoms. The van der Waals surface area contributed by atoms with E-state index in [0.29, 0.717) is 17.4 Å². The number of hydrogen-bond acceptors (Lipinski definition) is 4. The fourth-order valence-electron chi connectivity index (χ4n) is 4.76. The molecule has 5 nitrogen and oxygen atoms in total. The molecular weight excluding hydrogens is 348 g/mol. The molecule has 2 aliphatic rings. The van der Waals surface area contributed by atoms with Gasteiger partial charge in [0.05, 0.1) is 17.9 Å². The number of ether oxygens (including phenoxy) is 1. The minimum absolute atomic E-state index is 0. The summed E-state index contributed by atoms with van der Waals surface area (Å²) >= 11 is 0. The molecule has 1 unspecified atom stereocenters. The number of aromatic nitrogens is 2. The van der Waals surface area contributed by atoms with Crippen molar-refractivity contribution in [3.05, 3.63) is 17.5 Å². The summed E-state index contributed by atoms with van der Waals surface area (Å²) in [4.78, 5) is 0. The molecule has 2 fully saturated rings. The highest BCUT2D eigenvalue weighted by Gasteiger charge is 2.46. The molecule has 1 atom stereocenters. The average molecular weight is 385 g/mol. The van der Waals surface area contributed by atoms with Crippen molar-refractivity contribution >= 4 is 12.4 Å². The standard InChI is InChI=1S/C20H36N4O.ClH/c1-15(22-11-10-21-4)17-12-24(5)23-18(17)16-6-8-20(9-7-16)13-19(2,3)14-25-20;/h12,15-16,21-22H,6-11,13-14H2,1-5H3;1H. The Morgan fingerprint density at radius 3 is 2.58 bits per heavy atom. The Morgan fingerprint density at radius 2 is 2.00 bits per heavy atom. The van der Waals surface area contributed by atoms with Crippen LogP contribution in [0.3, 0.4) is 0 Å². The van der Waals surface area contributed by atoms with Gasteiger partial charge in [-0.1, -0.05) is 13.8 Å². The molecular formula is C20H37ClN4O. The zero-order valence-electron chi connectivity index (χ0n) is 17.1. The molecule has 150 valence electrons. The van der Waals surface area contributed by atoms with Gasteiger partial charge in [-0.25, -0.2) is 0 Å². The van der Waals surface area contributed by atoms with Crippen molar-refractivity contribution in [3.63, 3.8) is 0 Å². The number of halogens is 1. The Bertz CT molecular complexity index is 578. The average Bonchev–Trinajstić information content (AvgIpc) is 3.09. The fraction of sp³-hybridized carbons (Fsp3) is 0.850. The third-order valence-corrected chi connectivity index (χ3v) is 6.03. The minimum atomic E-state index is 0. The van der Waals surface area contributed by atoms with E-state index in [2.05, 4.69) is 37.6 Å². The van der Waals surface area contributed by atoms with Crippen molar-refractivity contribution in [1.82, 2.24) is 20.4 Å². The first kappa shape index (κ1) is 21.7. The van der Waals surface area contributed by atoms with Crippen LogP contribution in [0.15, 0.2) is 6.20 Å². The number of rotatable bonds is 6. The van der Waals surface area contributed by atoms with E-state index in [9.17, 15) is 0 Å². The predicted molar refractivity (Wildman–Crippen MR) is 109 cm³/mol. The Morgan fingerprint density at radius 1 is 1.31 bits per heavy atom. The van der Waals surface area contributed by atoms with E-state index >= 15 is 0 Å². The first-order chi connectivity index (χ1) is 11.8. The minimum Gasteiger partial charge on any atom is -0.374 e. The Labute approximate surface area is 165 Å². The van der Waals surface area contributed by atoms with Gasteiger partial charge >= 0.3 is 0 Å². The first-order valence-electron chi connectivity index (χ1n) is 9.90. The van der Waals surface area contributed by atoms with Gasteiger partial charge in [0.25, 0.3) is 0 Å². The second kappa shape index (κ2) is 8.59. The smallest absolute Gasteiger partial charge is 0.0703 e. The lowest BCUT2D eigenvalue weighted by Crippen LogP contribution is -2.34. The maximum atomic E-state index is 6.28. The topological polar surface area (TPSA) is 51.1 Å². The van der Waals surface area contributed by atoms with E-state index in [1.807, 2.05) is 18.8 Å². The summed E-state index contributed by atoms with van der Waals surface area (Å²) in [5.41, 5.74) is 3.16. The summed E-state index contributed by atoms with van der Waals surface area (Å²) < 4.78 is 8.27. The van der Waals surface area contributed by atoms with Gasteiger partial charge in [-0.15, -0.1) is 12.4 Å². The molecule has 1 aliphatic heterocycles. The Hall–Kier alpha value is -0.620. The van der Waals surface area contributed by atoms with Crippen molar-refractivity contribution in [2.24, 2.45) is 12.5 Å². The molecule has 1 aromatic heterocycles. The number of hydrogen-bond donors (Lipinski definition) is 2. The highest BCUT2D eigenvalue weighted by molar-refractivity contribution is 5.85. The first-order valence-corrected chi connectivity index (χ1v) is 9.90. The lowest BCUT2D eigenvalue weighted by Gasteiger charge is -2.37. The summed E-state index contributed by atoms with van der Waals surface area (Å²) in [6.07, 6.45) is 8.17. The molecule has 1 aromatic rings. The quantitative estimate of drug-likeness (QED) is 0.736. The highest BCUT2D eigenvalue weighted by Crippen LogP contribution is 2.50. The predicted octanol–water partition coefficient (Wildman–Crippen LogP) is 3.55. The van der Waals surface area contributed by atoms with Crippen LogP contribution in [0.1, 0.15) is 76.1 Å². The molecule has 1 saturated heterocycles. The van der Waals surface area contributed by atoms with Crippen LogP contribution in [0, 0.1) is 5.41 Å². The van der Waals surface area contributed by atoms with Crippen LogP contribution in [0.4, 0.5) is 0 Å². The molecule has 1 spiro atoms. The third-order valence-electron chi connectivity index (χ3n) is 6.03. The lowest BCUT2D eigenvalue weighted by molar-refractivity contribution is -0.0296. The summed E-state index contributed by atoms with van der Waals surface area (Å²) in [5.74, 6) is 0.572. The zero-order valence-corrected chi connectivity index (χ0v) is 17.9. The van der Waals surface area contributed by atoms with Crippen LogP contribution in [0.25, 0.3) is 0 Å². The van der Waals surface area contributed by atoms with Gasteiger partial charge in [0.2, 0.25) is 0 Å². The van der Waals surface area contributed by atoms with Gasteiger partial charge in [-0.3, -0.25) is 4.68 Å². The zero-order chi connectivity index (χ0) is 18.1.